The van der Waals surface area contributed by atoms with Crippen molar-refractivity contribution in [1.29, 1.82) is 0 Å². The number of likely N-dealkylation sites (tertiary alicyclic amines) is 1. The van der Waals surface area contributed by atoms with Gasteiger partial charge in [-0.2, -0.15) is 0 Å². The largest absolute Gasteiger partial charge is 0.344 e. The zero-order valence-corrected chi connectivity index (χ0v) is 64.4. The molecule has 0 N–H and O–H groups in total. The van der Waals surface area contributed by atoms with Gasteiger partial charge in [-0.15, -0.1) is 0 Å². The lowest BCUT2D eigenvalue weighted by Gasteiger charge is -2.36. The molecule has 0 amide bonds. The molecule has 96 heavy (non-hydrogen) atoms. The minimum atomic E-state index is -0.296. The molecule has 4 unspecified atom stereocenters. The Labute approximate surface area is 597 Å². The number of nitrogens with zero attached hydrogens (tertiary/aromatic N) is 1. The second kappa shape index (κ2) is 64.5. The highest BCUT2D eigenvalue weighted by Crippen LogP contribution is 2.44. The topological polar surface area (TPSA) is 57.2 Å². The Kier molecular flexibility index (Phi) is 58.8. The number of ether oxygens (including phenoxy) is 4. The Morgan fingerprint density at radius 2 is 0.521 bits per heavy atom. The van der Waals surface area contributed by atoms with E-state index in [1.807, 2.05) is 0 Å². The van der Waals surface area contributed by atoms with Gasteiger partial charge in [0.2, 0.25) is 0 Å². The summed E-state index contributed by atoms with van der Waals surface area (Å²) in [5.74, 6) is -0.0661. The fourth-order valence-electron chi connectivity index (χ4n) is 14.5. The monoisotopic (exact) mass is 1330 g/mol. The van der Waals surface area contributed by atoms with Crippen molar-refractivity contribution in [3.8, 4) is 0 Å². The number of ketones is 1. The minimum Gasteiger partial charge on any atom is -0.344 e. The van der Waals surface area contributed by atoms with E-state index in [0.717, 1.165) is 90.1 Å². The quantitative estimate of drug-likeness (QED) is 0.0447. The van der Waals surface area contributed by atoms with Crippen LogP contribution in [0.15, 0.2) is 97.2 Å². The summed E-state index contributed by atoms with van der Waals surface area (Å²) in [5, 5.41) is 0. The van der Waals surface area contributed by atoms with Crippen LogP contribution in [-0.4, -0.2) is 66.8 Å². The first-order valence-electron chi connectivity index (χ1n) is 42.5. The summed E-state index contributed by atoms with van der Waals surface area (Å²) in [6.07, 6.45) is 114. The van der Waals surface area contributed by atoms with Gasteiger partial charge in [-0.3, -0.25) is 4.79 Å². The molecule has 0 bridgehead atoms. The van der Waals surface area contributed by atoms with Gasteiger partial charge >= 0.3 is 0 Å². The molecule has 3 saturated heterocycles. The van der Waals surface area contributed by atoms with Gasteiger partial charge in [-0.05, 0) is 187 Å². The average molecular weight is 1340 g/mol. The summed E-state index contributed by atoms with van der Waals surface area (Å²) >= 11 is 0. The van der Waals surface area contributed by atoms with Crippen LogP contribution in [0.5, 0.6) is 0 Å². The Balaban J connectivity index is 0.000000452. The van der Waals surface area contributed by atoms with Crippen LogP contribution in [-0.2, 0) is 23.7 Å². The molecule has 2 aliphatic carbocycles. The normalized spacial score (nSPS) is 20.8. The maximum absolute atomic E-state index is 10.5. The van der Waals surface area contributed by atoms with Gasteiger partial charge in [0, 0.05) is 51.6 Å². The molecule has 3 aliphatic heterocycles. The number of allylic oxidation sites excluding steroid dienone is 16. The zero-order chi connectivity index (χ0) is 68.4. The van der Waals surface area contributed by atoms with Gasteiger partial charge in [0.05, 0.1) is 24.4 Å². The van der Waals surface area contributed by atoms with E-state index >= 15 is 0 Å². The van der Waals surface area contributed by atoms with Crippen LogP contribution >= 0.6 is 0 Å². The van der Waals surface area contributed by atoms with Crippen molar-refractivity contribution in [2.45, 2.75) is 449 Å². The van der Waals surface area contributed by atoms with E-state index in [9.17, 15) is 4.79 Å². The third-order valence-electron chi connectivity index (χ3n) is 20.8. The van der Waals surface area contributed by atoms with Crippen molar-refractivity contribution in [1.82, 2.24) is 4.90 Å². The third-order valence-corrected chi connectivity index (χ3v) is 20.8. The van der Waals surface area contributed by atoms with E-state index in [-0.39, 0.29) is 11.6 Å². The molecule has 0 aromatic heterocycles. The summed E-state index contributed by atoms with van der Waals surface area (Å²) in [7, 11) is 2.22. The number of piperidine rings is 1. The van der Waals surface area contributed by atoms with E-state index in [1.165, 1.54) is 308 Å². The molecule has 2 saturated carbocycles. The number of Topliss-reactive ketones (excluding diaryl/α,β-unsaturated/α-hetero) is 1. The van der Waals surface area contributed by atoms with Crippen LogP contribution in [0.3, 0.4) is 0 Å². The number of unbranched alkanes of at least 4 members (excludes halogenated alkanes) is 32. The van der Waals surface area contributed by atoms with Crippen LogP contribution in [0.25, 0.3) is 0 Å². The molecular formula is C90H159NO5. The molecule has 5 fully saturated rings. The molecule has 5 aliphatic rings. The van der Waals surface area contributed by atoms with Crippen molar-refractivity contribution in [2.75, 3.05) is 20.1 Å². The molecule has 2 spiro atoms. The van der Waals surface area contributed by atoms with Gasteiger partial charge < -0.3 is 23.8 Å². The maximum Gasteiger partial charge on any atom is 0.171 e. The summed E-state index contributed by atoms with van der Waals surface area (Å²) in [6.45, 7) is 11.3. The SMILES string of the molecule is CCCCC/C=C\C/C=C\CCCCCCCC1OC2(CCCCC2)OC1CCCCCCC/C=C\C/C=C\CCCCC.CCCCC/C=C\C/C=C\CCCCCCCC1OC2(CCN(C)CC2)OC1CCCCCCC/C=C\C/C=C\CCCCC.O=C1CCCCC1. The predicted octanol–water partition coefficient (Wildman–Crippen LogP) is 28.4. The van der Waals surface area contributed by atoms with Gasteiger partial charge in [-0.25, -0.2) is 0 Å². The van der Waals surface area contributed by atoms with E-state index < -0.39 is 0 Å². The van der Waals surface area contributed by atoms with E-state index in [4.69, 9.17) is 18.9 Å². The fourth-order valence-corrected chi connectivity index (χ4v) is 14.5. The average Bonchev–Trinajstić information content (AvgIpc) is 1.66. The van der Waals surface area contributed by atoms with Crippen molar-refractivity contribution >= 4 is 5.78 Å². The highest BCUT2D eigenvalue weighted by Gasteiger charge is 2.49. The van der Waals surface area contributed by atoms with Crippen molar-refractivity contribution < 1.29 is 23.7 Å². The van der Waals surface area contributed by atoms with Gasteiger partial charge in [0.25, 0.3) is 0 Å². The first-order valence-corrected chi connectivity index (χ1v) is 42.5. The number of hydrogen-bond acceptors (Lipinski definition) is 6. The maximum atomic E-state index is 10.5. The molecule has 0 aromatic carbocycles. The lowest BCUT2D eigenvalue weighted by Crippen LogP contribution is -2.44. The van der Waals surface area contributed by atoms with Crippen molar-refractivity contribution in [3.63, 3.8) is 0 Å². The molecule has 0 radical (unpaired) electrons. The van der Waals surface area contributed by atoms with Crippen LogP contribution in [0.4, 0.5) is 0 Å². The van der Waals surface area contributed by atoms with Crippen LogP contribution in [0.1, 0.15) is 413 Å². The summed E-state index contributed by atoms with van der Waals surface area (Å²) in [4.78, 5) is 12.9. The first kappa shape index (κ1) is 87.6. The summed E-state index contributed by atoms with van der Waals surface area (Å²) in [5.41, 5.74) is 0. The number of rotatable bonds is 56. The molecule has 554 valence electrons. The summed E-state index contributed by atoms with van der Waals surface area (Å²) in [6, 6.07) is 0. The first-order chi connectivity index (χ1) is 47.4. The molecule has 6 nitrogen and oxygen atoms in total. The van der Waals surface area contributed by atoms with Crippen molar-refractivity contribution in [2.24, 2.45) is 0 Å². The molecule has 0 aromatic rings. The Morgan fingerprint density at radius 3 is 0.771 bits per heavy atom. The number of carbonyl (C=O) groups is 1. The van der Waals surface area contributed by atoms with Crippen LogP contribution in [0, 0.1) is 0 Å². The third kappa shape index (κ3) is 49.0. The Morgan fingerprint density at radius 1 is 0.292 bits per heavy atom. The number of hydrogen-bond donors (Lipinski definition) is 0. The molecule has 4 atom stereocenters. The highest BCUT2D eigenvalue weighted by atomic mass is 16.8. The van der Waals surface area contributed by atoms with Gasteiger partial charge in [0.15, 0.2) is 11.6 Å². The standard InChI is InChI=1S/C42H75NO2.C42H74O2.C6H10O/c1-4-6-8-10-12-14-16-18-20-22-24-26-28-30-32-34-40-41(45-42(44-40)36-38-43(3)39-37-42)35-33-31-29-27-25-23-21-19-17-15-13-11-9-7-5-2;1-3-5-7-9-11-13-15-17-19-21-23-25-27-29-32-36-40-41(44-42(43-40)38-34-31-35-39-42)37-33-30-28-26-24-22-20-18-16-14-12-10-8-6-4-2;7-6-4-2-1-3-5-6/h12-15,18-21,40-41H,4-11,16-17,22-39H2,1-3H3;11-14,17-20,40-41H,3-10,15-16,21-39H2,1-2H3;1-5H2/b14-12-,15-13-,20-18-,21-19-;13-11-,14-12-,19-17-,20-18-;. The second-order valence-electron chi connectivity index (χ2n) is 30.0. The van der Waals surface area contributed by atoms with Crippen LogP contribution < -0.4 is 0 Å². The molecule has 6 heteroatoms. The Bertz CT molecular complexity index is 1840. The summed E-state index contributed by atoms with van der Waals surface area (Å²) < 4.78 is 27.0. The van der Waals surface area contributed by atoms with E-state index in [2.05, 4.69) is 137 Å². The van der Waals surface area contributed by atoms with E-state index in [1.54, 1.807) is 0 Å². The smallest absolute Gasteiger partial charge is 0.171 e. The fraction of sp³-hybridized carbons (Fsp3) is 0.811. The van der Waals surface area contributed by atoms with E-state index in [0.29, 0.717) is 30.2 Å². The minimum absolute atomic E-state index is 0.234. The molecule has 3 heterocycles. The number of carbonyl (C=O) groups excluding carboxylic acids is 1. The van der Waals surface area contributed by atoms with Crippen LogP contribution in [0.2, 0.25) is 0 Å². The molecule has 5 rings (SSSR count). The lowest BCUT2D eigenvalue weighted by molar-refractivity contribution is -0.200. The highest BCUT2D eigenvalue weighted by molar-refractivity contribution is 5.78. The van der Waals surface area contributed by atoms with Gasteiger partial charge in [-0.1, -0.05) is 292 Å². The van der Waals surface area contributed by atoms with Gasteiger partial charge in [0.1, 0.15) is 5.78 Å². The molecular weight excluding hydrogens is 1170 g/mol. The predicted molar refractivity (Wildman–Crippen MR) is 420 cm³/mol. The zero-order valence-electron chi connectivity index (χ0n) is 64.4. The lowest BCUT2D eigenvalue weighted by atomic mass is 9.94. The second-order valence-corrected chi connectivity index (χ2v) is 30.0. The Hall–Kier alpha value is -2.61. The van der Waals surface area contributed by atoms with Crippen molar-refractivity contribution in [3.05, 3.63) is 97.2 Å².